The summed E-state index contributed by atoms with van der Waals surface area (Å²) in [7, 11) is 0. The molecule has 1 saturated heterocycles. The zero-order chi connectivity index (χ0) is 15.6. The average molecular weight is 294 g/mol. The van der Waals surface area contributed by atoms with Crippen LogP contribution in [0.4, 0.5) is 14.9 Å². The average Bonchev–Trinajstić information content (AvgIpc) is 2.43. The molecule has 0 aliphatic carbocycles. The number of benzene rings is 1. The van der Waals surface area contributed by atoms with Crippen molar-refractivity contribution < 1.29 is 19.1 Å². The van der Waals surface area contributed by atoms with Crippen LogP contribution in [0.5, 0.6) is 0 Å². The number of nitrogens with zero attached hydrogens (tertiary/aromatic N) is 1. The summed E-state index contributed by atoms with van der Waals surface area (Å²) in [4.78, 5) is 24.7. The highest BCUT2D eigenvalue weighted by atomic mass is 19.1. The van der Waals surface area contributed by atoms with Crippen molar-refractivity contribution in [3.05, 3.63) is 29.6 Å². The molecule has 2 rings (SSSR count). The lowest BCUT2D eigenvalue weighted by Gasteiger charge is -2.34. The summed E-state index contributed by atoms with van der Waals surface area (Å²) in [6.07, 6.45) is 0.553. The van der Waals surface area contributed by atoms with Gasteiger partial charge in [0, 0.05) is 13.1 Å². The molecule has 21 heavy (non-hydrogen) atoms. The van der Waals surface area contributed by atoms with Gasteiger partial charge in [0.05, 0.1) is 11.6 Å². The van der Waals surface area contributed by atoms with Crippen LogP contribution >= 0.6 is 0 Å². The smallest absolute Gasteiger partial charge is 0.321 e. The molecule has 1 fully saturated rings. The molecule has 2 unspecified atom stereocenters. The maximum Gasteiger partial charge on any atom is 0.321 e. The Morgan fingerprint density at radius 1 is 1.38 bits per heavy atom. The van der Waals surface area contributed by atoms with Gasteiger partial charge in [-0.3, -0.25) is 4.79 Å². The zero-order valence-corrected chi connectivity index (χ0v) is 12.1. The standard InChI is InChI=1S/C15H19FN2O3/c1-9-6-11(14(19)20)8-18(7-9)15(21)17-12-5-3-4-10(2)13(12)16/h3-5,9,11H,6-8H2,1-2H3,(H,17,21)(H,19,20). The highest BCUT2D eigenvalue weighted by Gasteiger charge is 2.32. The number of piperidine rings is 1. The number of anilines is 1. The molecule has 0 radical (unpaired) electrons. The summed E-state index contributed by atoms with van der Waals surface area (Å²) in [5.41, 5.74) is 0.563. The van der Waals surface area contributed by atoms with E-state index in [1.54, 1.807) is 19.1 Å². The number of aliphatic carboxylic acids is 1. The Bertz CT molecular complexity index is 562. The third-order valence-corrected chi connectivity index (χ3v) is 3.73. The van der Waals surface area contributed by atoms with Gasteiger partial charge in [0.2, 0.25) is 0 Å². The topological polar surface area (TPSA) is 69.6 Å². The van der Waals surface area contributed by atoms with Gasteiger partial charge in [0.1, 0.15) is 5.82 Å². The maximum atomic E-state index is 13.9. The number of rotatable bonds is 2. The molecule has 2 atom stereocenters. The zero-order valence-electron chi connectivity index (χ0n) is 12.1. The van der Waals surface area contributed by atoms with Gasteiger partial charge < -0.3 is 15.3 Å². The summed E-state index contributed by atoms with van der Waals surface area (Å²) in [5, 5.41) is 11.6. The second-order valence-electron chi connectivity index (χ2n) is 5.65. The molecule has 114 valence electrons. The number of nitrogens with one attached hydrogen (secondary N) is 1. The Kier molecular flexibility index (Phi) is 4.45. The second kappa shape index (κ2) is 6.11. The minimum Gasteiger partial charge on any atom is -0.481 e. The number of aryl methyl sites for hydroxylation is 1. The van der Waals surface area contributed by atoms with E-state index in [1.165, 1.54) is 11.0 Å². The summed E-state index contributed by atoms with van der Waals surface area (Å²) in [5.74, 6) is -1.83. The predicted octanol–water partition coefficient (Wildman–Crippen LogP) is 2.71. The second-order valence-corrected chi connectivity index (χ2v) is 5.65. The Labute approximate surface area is 122 Å². The quantitative estimate of drug-likeness (QED) is 0.881. The van der Waals surface area contributed by atoms with E-state index in [0.717, 1.165) is 0 Å². The summed E-state index contributed by atoms with van der Waals surface area (Å²) < 4.78 is 13.9. The molecule has 0 saturated carbocycles. The van der Waals surface area contributed by atoms with E-state index in [-0.39, 0.29) is 18.2 Å². The highest BCUT2D eigenvalue weighted by Crippen LogP contribution is 2.23. The first-order chi connectivity index (χ1) is 9.88. The van der Waals surface area contributed by atoms with E-state index in [4.69, 9.17) is 5.11 Å². The maximum absolute atomic E-state index is 13.9. The van der Waals surface area contributed by atoms with E-state index in [9.17, 15) is 14.0 Å². The highest BCUT2D eigenvalue weighted by molar-refractivity contribution is 5.90. The lowest BCUT2D eigenvalue weighted by molar-refractivity contribution is -0.143. The number of carboxylic acids is 1. The van der Waals surface area contributed by atoms with Crippen molar-refractivity contribution in [3.63, 3.8) is 0 Å². The van der Waals surface area contributed by atoms with Gasteiger partial charge in [-0.2, -0.15) is 0 Å². The SMILES string of the molecule is Cc1cccc(NC(=O)N2CC(C)CC(C(=O)O)C2)c1F. The molecule has 1 aromatic carbocycles. The molecule has 2 amide bonds. The van der Waals surface area contributed by atoms with E-state index in [2.05, 4.69) is 5.32 Å². The van der Waals surface area contributed by atoms with E-state index in [0.29, 0.717) is 18.5 Å². The fraction of sp³-hybridized carbons (Fsp3) is 0.467. The minimum atomic E-state index is -0.902. The van der Waals surface area contributed by atoms with Crippen LogP contribution in [0.3, 0.4) is 0 Å². The van der Waals surface area contributed by atoms with E-state index < -0.39 is 23.7 Å². The number of likely N-dealkylation sites (tertiary alicyclic amines) is 1. The van der Waals surface area contributed by atoms with E-state index in [1.807, 2.05) is 6.92 Å². The largest absolute Gasteiger partial charge is 0.481 e. The van der Waals surface area contributed by atoms with Crippen LogP contribution in [0.2, 0.25) is 0 Å². The number of hydrogen-bond donors (Lipinski definition) is 2. The first-order valence-corrected chi connectivity index (χ1v) is 6.92. The number of carbonyl (C=O) groups is 2. The van der Waals surface area contributed by atoms with Crippen molar-refractivity contribution >= 4 is 17.7 Å². The molecule has 1 aliphatic heterocycles. The minimum absolute atomic E-state index is 0.105. The van der Waals surface area contributed by atoms with Gasteiger partial charge >= 0.3 is 12.0 Å². The van der Waals surface area contributed by atoms with Gasteiger partial charge in [0.15, 0.2) is 0 Å². The van der Waals surface area contributed by atoms with Crippen LogP contribution in [0.15, 0.2) is 18.2 Å². The van der Waals surface area contributed by atoms with E-state index >= 15 is 0 Å². The molecule has 6 heteroatoms. The Morgan fingerprint density at radius 3 is 2.76 bits per heavy atom. The molecule has 1 heterocycles. The monoisotopic (exact) mass is 294 g/mol. The molecule has 1 aromatic rings. The summed E-state index contributed by atoms with van der Waals surface area (Å²) in [6.45, 7) is 4.15. The lowest BCUT2D eigenvalue weighted by atomic mass is 9.91. The Balaban J connectivity index is 2.09. The van der Waals surface area contributed by atoms with Gasteiger partial charge in [0.25, 0.3) is 0 Å². The Hall–Kier alpha value is -2.11. The molecule has 0 spiro atoms. The van der Waals surface area contributed by atoms with Crippen molar-refractivity contribution in [1.82, 2.24) is 4.90 Å². The molecular weight excluding hydrogens is 275 g/mol. The van der Waals surface area contributed by atoms with Crippen molar-refractivity contribution in [2.24, 2.45) is 11.8 Å². The number of urea groups is 1. The first kappa shape index (κ1) is 15.3. The van der Waals surface area contributed by atoms with Crippen LogP contribution in [-0.2, 0) is 4.79 Å². The number of amides is 2. The summed E-state index contributed by atoms with van der Waals surface area (Å²) >= 11 is 0. The first-order valence-electron chi connectivity index (χ1n) is 6.92. The van der Waals surface area contributed by atoms with Gasteiger partial charge in [-0.15, -0.1) is 0 Å². The molecule has 1 aliphatic rings. The fourth-order valence-electron chi connectivity index (χ4n) is 2.63. The number of carbonyl (C=O) groups excluding carboxylic acids is 1. The van der Waals surface area contributed by atoms with Gasteiger partial charge in [-0.05, 0) is 30.9 Å². The fourth-order valence-corrected chi connectivity index (χ4v) is 2.63. The number of halogens is 1. The number of carboxylic acid groups (broad SMARTS) is 1. The molecule has 0 aromatic heterocycles. The summed E-state index contributed by atoms with van der Waals surface area (Å²) in [6, 6.07) is 4.31. The lowest BCUT2D eigenvalue weighted by Crippen LogP contribution is -2.47. The normalized spacial score (nSPS) is 22.0. The van der Waals surface area contributed by atoms with Crippen molar-refractivity contribution in [2.75, 3.05) is 18.4 Å². The molecule has 2 N–H and O–H groups in total. The predicted molar refractivity (Wildman–Crippen MR) is 76.6 cm³/mol. The third-order valence-electron chi connectivity index (χ3n) is 3.73. The van der Waals surface area contributed by atoms with Crippen LogP contribution < -0.4 is 5.32 Å². The van der Waals surface area contributed by atoms with Crippen LogP contribution in [0.25, 0.3) is 0 Å². The molecule has 5 nitrogen and oxygen atoms in total. The van der Waals surface area contributed by atoms with Crippen LogP contribution in [-0.4, -0.2) is 35.1 Å². The van der Waals surface area contributed by atoms with Crippen molar-refractivity contribution in [2.45, 2.75) is 20.3 Å². The van der Waals surface area contributed by atoms with Crippen LogP contribution in [0.1, 0.15) is 18.9 Å². The third kappa shape index (κ3) is 3.51. The van der Waals surface area contributed by atoms with Crippen molar-refractivity contribution in [1.29, 1.82) is 0 Å². The van der Waals surface area contributed by atoms with Crippen molar-refractivity contribution in [3.8, 4) is 0 Å². The number of hydrogen-bond acceptors (Lipinski definition) is 2. The molecule has 0 bridgehead atoms. The molecular formula is C15H19FN2O3. The Morgan fingerprint density at radius 2 is 2.10 bits per heavy atom. The van der Waals surface area contributed by atoms with Gasteiger partial charge in [-0.1, -0.05) is 19.1 Å². The van der Waals surface area contributed by atoms with Gasteiger partial charge in [-0.25, -0.2) is 9.18 Å². The van der Waals surface area contributed by atoms with Crippen LogP contribution in [0, 0.1) is 24.6 Å².